The van der Waals surface area contributed by atoms with Gasteiger partial charge in [-0.2, -0.15) is 5.26 Å². The lowest BCUT2D eigenvalue weighted by atomic mass is 10.1. The van der Waals surface area contributed by atoms with Gasteiger partial charge in [0.2, 0.25) is 0 Å². The van der Waals surface area contributed by atoms with Gasteiger partial charge in [0, 0.05) is 11.3 Å². The van der Waals surface area contributed by atoms with E-state index in [2.05, 4.69) is 11.1 Å². The number of aromatic nitrogens is 1. The van der Waals surface area contributed by atoms with E-state index in [1.165, 1.54) is 0 Å². The van der Waals surface area contributed by atoms with Crippen molar-refractivity contribution in [1.82, 2.24) is 4.98 Å². The van der Waals surface area contributed by atoms with Gasteiger partial charge in [-0.1, -0.05) is 13.0 Å². The first-order valence-corrected chi connectivity index (χ1v) is 6.91. The Labute approximate surface area is 124 Å². The molecule has 0 amide bonds. The summed E-state index contributed by atoms with van der Waals surface area (Å²) in [5, 5.41) is 18.9. The van der Waals surface area contributed by atoms with Crippen molar-refractivity contribution in [3.63, 3.8) is 0 Å². The monoisotopic (exact) mass is 282 g/mol. The molecule has 0 fully saturated rings. The summed E-state index contributed by atoms with van der Waals surface area (Å²) in [5.41, 5.74) is 2.93. The number of ether oxygens (including phenoxy) is 1. The van der Waals surface area contributed by atoms with Crippen LogP contribution in [0.5, 0.6) is 11.5 Å². The Hall–Kier alpha value is -2.38. The van der Waals surface area contributed by atoms with Crippen LogP contribution in [0.1, 0.15) is 42.5 Å². The Balaban J connectivity index is 2.45. The highest BCUT2D eigenvalue weighted by Gasteiger charge is 2.13. The minimum Gasteiger partial charge on any atom is -0.455 e. The van der Waals surface area contributed by atoms with E-state index < -0.39 is 6.10 Å². The highest BCUT2D eigenvalue weighted by atomic mass is 16.5. The molecule has 0 aliphatic rings. The molecular weight excluding hydrogens is 264 g/mol. The Morgan fingerprint density at radius 1 is 1.29 bits per heavy atom. The number of rotatable bonds is 4. The average Bonchev–Trinajstić information content (AvgIpc) is 2.48. The van der Waals surface area contributed by atoms with Crippen LogP contribution in [0.4, 0.5) is 0 Å². The van der Waals surface area contributed by atoms with Crippen molar-refractivity contribution in [2.75, 3.05) is 0 Å². The zero-order chi connectivity index (χ0) is 15.4. The summed E-state index contributed by atoms with van der Waals surface area (Å²) < 4.78 is 5.92. The molecule has 0 aliphatic carbocycles. The van der Waals surface area contributed by atoms with Crippen LogP contribution in [0.15, 0.2) is 30.3 Å². The lowest BCUT2D eigenvalue weighted by Crippen LogP contribution is -2.00. The van der Waals surface area contributed by atoms with Crippen LogP contribution >= 0.6 is 0 Å². The SMILES string of the molecule is CCc1nc(C)ccc1Oc1cc(C#N)ccc1[C@@H](C)O. The van der Waals surface area contributed by atoms with Crippen molar-refractivity contribution in [2.24, 2.45) is 0 Å². The molecular formula is C17H18N2O2. The molecule has 1 aromatic carbocycles. The summed E-state index contributed by atoms with van der Waals surface area (Å²) in [6.45, 7) is 5.61. The largest absolute Gasteiger partial charge is 0.455 e. The number of hydrogen-bond donors (Lipinski definition) is 1. The smallest absolute Gasteiger partial charge is 0.148 e. The normalized spacial score (nSPS) is 11.8. The summed E-state index contributed by atoms with van der Waals surface area (Å²) >= 11 is 0. The van der Waals surface area contributed by atoms with Gasteiger partial charge >= 0.3 is 0 Å². The zero-order valence-corrected chi connectivity index (χ0v) is 12.4. The first kappa shape index (κ1) is 15.0. The lowest BCUT2D eigenvalue weighted by Gasteiger charge is -2.15. The maximum absolute atomic E-state index is 9.84. The van der Waals surface area contributed by atoms with Crippen LogP contribution in [0.3, 0.4) is 0 Å². The number of nitrogens with zero attached hydrogens (tertiary/aromatic N) is 2. The van der Waals surface area contributed by atoms with Gasteiger partial charge in [0.25, 0.3) is 0 Å². The molecule has 1 atom stereocenters. The second kappa shape index (κ2) is 6.38. The molecule has 0 spiro atoms. The third kappa shape index (κ3) is 3.39. The van der Waals surface area contributed by atoms with Crippen molar-refractivity contribution in [3.8, 4) is 17.6 Å². The van der Waals surface area contributed by atoms with Crippen LogP contribution in [-0.4, -0.2) is 10.1 Å². The van der Waals surface area contributed by atoms with E-state index >= 15 is 0 Å². The maximum atomic E-state index is 9.84. The van der Waals surface area contributed by atoms with Gasteiger partial charge in [0.1, 0.15) is 11.5 Å². The van der Waals surface area contributed by atoms with Crippen LogP contribution in [0.2, 0.25) is 0 Å². The lowest BCUT2D eigenvalue weighted by molar-refractivity contribution is 0.195. The summed E-state index contributed by atoms with van der Waals surface area (Å²) in [4.78, 5) is 4.45. The van der Waals surface area contributed by atoms with Crippen LogP contribution < -0.4 is 4.74 Å². The van der Waals surface area contributed by atoms with E-state index in [0.29, 0.717) is 22.6 Å². The van der Waals surface area contributed by atoms with Crippen molar-refractivity contribution in [2.45, 2.75) is 33.3 Å². The summed E-state index contributed by atoms with van der Waals surface area (Å²) in [5.74, 6) is 1.14. The molecule has 0 radical (unpaired) electrons. The molecule has 0 bridgehead atoms. The summed E-state index contributed by atoms with van der Waals surface area (Å²) in [7, 11) is 0. The van der Waals surface area contributed by atoms with Gasteiger partial charge in [-0.3, -0.25) is 4.98 Å². The number of aliphatic hydroxyl groups excluding tert-OH is 1. The molecule has 1 N–H and O–H groups in total. The van der Waals surface area contributed by atoms with E-state index in [4.69, 9.17) is 10.00 Å². The highest BCUT2D eigenvalue weighted by molar-refractivity contribution is 5.46. The predicted molar refractivity (Wildman–Crippen MR) is 80.2 cm³/mol. The molecule has 1 aromatic heterocycles. The second-order valence-electron chi connectivity index (χ2n) is 4.89. The fraction of sp³-hybridized carbons (Fsp3) is 0.294. The number of pyridine rings is 1. The molecule has 108 valence electrons. The average molecular weight is 282 g/mol. The van der Waals surface area contributed by atoms with E-state index in [-0.39, 0.29) is 0 Å². The molecule has 2 aromatic rings. The fourth-order valence-electron chi connectivity index (χ4n) is 2.10. The fourth-order valence-corrected chi connectivity index (χ4v) is 2.10. The maximum Gasteiger partial charge on any atom is 0.148 e. The van der Waals surface area contributed by atoms with Gasteiger partial charge in [-0.05, 0) is 44.5 Å². The third-order valence-corrected chi connectivity index (χ3v) is 3.22. The van der Waals surface area contributed by atoms with E-state index in [1.807, 2.05) is 26.0 Å². The number of hydrogen-bond acceptors (Lipinski definition) is 4. The Morgan fingerprint density at radius 2 is 2.05 bits per heavy atom. The van der Waals surface area contributed by atoms with E-state index in [9.17, 15) is 5.11 Å². The number of aryl methyl sites for hydroxylation is 2. The quantitative estimate of drug-likeness (QED) is 0.929. The van der Waals surface area contributed by atoms with Crippen molar-refractivity contribution >= 4 is 0 Å². The standard InChI is InChI=1S/C17H18N2O2/c1-4-15-16(8-5-11(2)19-15)21-17-9-13(10-18)6-7-14(17)12(3)20/h5-9,12,20H,4H2,1-3H3/t12-/m1/s1. The molecule has 4 nitrogen and oxygen atoms in total. The molecule has 0 saturated heterocycles. The number of nitriles is 1. The molecule has 0 saturated carbocycles. The minimum absolute atomic E-state index is 0.490. The molecule has 0 unspecified atom stereocenters. The molecule has 2 rings (SSSR count). The van der Waals surface area contributed by atoms with E-state index in [1.54, 1.807) is 25.1 Å². The van der Waals surface area contributed by atoms with Gasteiger partial charge in [0.15, 0.2) is 0 Å². The van der Waals surface area contributed by atoms with Gasteiger partial charge in [-0.25, -0.2) is 0 Å². The van der Waals surface area contributed by atoms with Gasteiger partial charge < -0.3 is 9.84 Å². The highest BCUT2D eigenvalue weighted by Crippen LogP contribution is 2.32. The van der Waals surface area contributed by atoms with Crippen LogP contribution in [-0.2, 0) is 6.42 Å². The van der Waals surface area contributed by atoms with Crippen LogP contribution in [0, 0.1) is 18.3 Å². The number of aliphatic hydroxyl groups is 1. The second-order valence-corrected chi connectivity index (χ2v) is 4.89. The summed E-state index contributed by atoms with van der Waals surface area (Å²) in [6.07, 6.45) is 0.0788. The molecule has 21 heavy (non-hydrogen) atoms. The Kier molecular flexibility index (Phi) is 4.56. The first-order valence-electron chi connectivity index (χ1n) is 6.91. The van der Waals surface area contributed by atoms with Gasteiger partial charge in [-0.15, -0.1) is 0 Å². The topological polar surface area (TPSA) is 66.1 Å². The van der Waals surface area contributed by atoms with E-state index in [0.717, 1.165) is 17.8 Å². The molecule has 0 aliphatic heterocycles. The molecule has 4 heteroatoms. The van der Waals surface area contributed by atoms with Gasteiger partial charge in [0.05, 0.1) is 23.4 Å². The minimum atomic E-state index is -0.670. The van der Waals surface area contributed by atoms with Crippen molar-refractivity contribution in [1.29, 1.82) is 5.26 Å². The predicted octanol–water partition coefficient (Wildman–Crippen LogP) is 3.67. The third-order valence-electron chi connectivity index (χ3n) is 3.22. The Morgan fingerprint density at radius 3 is 2.67 bits per heavy atom. The van der Waals surface area contributed by atoms with Crippen LogP contribution in [0.25, 0.3) is 0 Å². The Bertz CT molecular complexity index is 688. The summed E-state index contributed by atoms with van der Waals surface area (Å²) in [6, 6.07) is 10.9. The first-order chi connectivity index (χ1) is 10.0. The zero-order valence-electron chi connectivity index (χ0n) is 12.4. The van der Waals surface area contributed by atoms with Crippen molar-refractivity contribution < 1.29 is 9.84 Å². The number of benzene rings is 1. The molecule has 1 heterocycles. The van der Waals surface area contributed by atoms with Crippen molar-refractivity contribution in [3.05, 3.63) is 52.8 Å².